The number of rotatable bonds is 3. The highest BCUT2D eigenvalue weighted by Crippen LogP contribution is 2.35. The maximum absolute atomic E-state index is 12.7. The highest BCUT2D eigenvalue weighted by molar-refractivity contribution is 5.90. The Labute approximate surface area is 120 Å². The van der Waals surface area contributed by atoms with Crippen molar-refractivity contribution in [2.24, 2.45) is 17.1 Å². The number of carbonyl (C=O) groups excluding carboxylic acids is 2. The van der Waals surface area contributed by atoms with Crippen molar-refractivity contribution in [3.05, 3.63) is 0 Å². The van der Waals surface area contributed by atoms with E-state index >= 15 is 0 Å². The normalized spacial score (nSPS) is 31.1. The molecule has 1 unspecified atom stereocenters. The maximum atomic E-state index is 12.7. The van der Waals surface area contributed by atoms with Gasteiger partial charge in [0.15, 0.2) is 5.78 Å². The van der Waals surface area contributed by atoms with Gasteiger partial charge in [-0.1, -0.05) is 13.8 Å². The van der Waals surface area contributed by atoms with Crippen molar-refractivity contribution in [2.45, 2.75) is 52.1 Å². The Morgan fingerprint density at radius 1 is 1.35 bits per heavy atom. The van der Waals surface area contributed by atoms with Gasteiger partial charge in [0.25, 0.3) is 0 Å². The van der Waals surface area contributed by atoms with E-state index < -0.39 is 6.04 Å². The molecule has 0 bridgehead atoms. The average Bonchev–Trinajstić information content (AvgIpc) is 2.80. The van der Waals surface area contributed by atoms with Crippen LogP contribution in [0.1, 0.15) is 40.0 Å². The van der Waals surface area contributed by atoms with Crippen LogP contribution in [0, 0.1) is 11.3 Å². The Morgan fingerprint density at radius 2 is 1.95 bits per heavy atom. The van der Waals surface area contributed by atoms with Gasteiger partial charge in [-0.3, -0.25) is 9.59 Å². The van der Waals surface area contributed by atoms with Crippen molar-refractivity contribution in [2.75, 3.05) is 19.8 Å². The fourth-order valence-electron chi connectivity index (χ4n) is 3.44. The molecule has 2 rings (SSSR count). The van der Waals surface area contributed by atoms with Gasteiger partial charge in [-0.2, -0.15) is 0 Å². The number of amides is 1. The van der Waals surface area contributed by atoms with Gasteiger partial charge in [0, 0.05) is 19.8 Å². The van der Waals surface area contributed by atoms with E-state index in [0.717, 1.165) is 19.3 Å². The Bertz CT molecular complexity index is 391. The first kappa shape index (κ1) is 15.4. The summed E-state index contributed by atoms with van der Waals surface area (Å²) in [6.45, 7) is 7.61. The lowest BCUT2D eigenvalue weighted by atomic mass is 9.75. The summed E-state index contributed by atoms with van der Waals surface area (Å²) in [4.78, 5) is 26.2. The molecule has 2 aliphatic heterocycles. The molecular weight excluding hydrogens is 256 g/mol. The van der Waals surface area contributed by atoms with Gasteiger partial charge in [-0.25, -0.2) is 0 Å². The van der Waals surface area contributed by atoms with E-state index in [1.165, 1.54) is 0 Å². The zero-order chi connectivity index (χ0) is 14.9. The summed E-state index contributed by atoms with van der Waals surface area (Å²) in [5.74, 6) is 0.220. The maximum Gasteiger partial charge on any atom is 0.240 e. The largest absolute Gasteiger partial charge is 0.381 e. The number of Topliss-reactive ketones (excluding diaryl/α,β-unsaturated/α-hetero) is 1. The molecule has 20 heavy (non-hydrogen) atoms. The van der Waals surface area contributed by atoms with Gasteiger partial charge in [0.1, 0.15) is 0 Å². The Balaban J connectivity index is 2.12. The third kappa shape index (κ3) is 2.74. The van der Waals surface area contributed by atoms with E-state index in [1.54, 1.807) is 11.8 Å². The molecule has 2 N–H and O–H groups in total. The fourth-order valence-corrected chi connectivity index (χ4v) is 3.44. The molecule has 3 atom stereocenters. The van der Waals surface area contributed by atoms with Gasteiger partial charge in [0.05, 0.1) is 12.1 Å². The first-order valence-electron chi connectivity index (χ1n) is 7.51. The predicted octanol–water partition coefficient (Wildman–Crippen LogP) is 0.956. The second kappa shape index (κ2) is 5.82. The van der Waals surface area contributed by atoms with E-state index in [4.69, 9.17) is 10.5 Å². The van der Waals surface area contributed by atoms with Crippen LogP contribution in [-0.2, 0) is 14.3 Å². The Morgan fingerprint density at radius 3 is 2.50 bits per heavy atom. The molecule has 0 aliphatic carbocycles. The molecule has 2 fully saturated rings. The molecule has 5 nitrogen and oxygen atoms in total. The lowest BCUT2D eigenvalue weighted by molar-refractivity contribution is -0.142. The topological polar surface area (TPSA) is 72.6 Å². The molecule has 0 aromatic heterocycles. The molecule has 0 spiro atoms. The summed E-state index contributed by atoms with van der Waals surface area (Å²) in [6.07, 6.45) is 2.48. The molecule has 2 aliphatic rings. The quantitative estimate of drug-likeness (QED) is 0.836. The van der Waals surface area contributed by atoms with Crippen molar-refractivity contribution in [3.8, 4) is 0 Å². The summed E-state index contributed by atoms with van der Waals surface area (Å²) < 4.78 is 5.36. The lowest BCUT2D eigenvalue weighted by Crippen LogP contribution is -2.56. The summed E-state index contributed by atoms with van der Waals surface area (Å²) in [7, 11) is 0. The fraction of sp³-hybridized carbons (Fsp3) is 0.867. The monoisotopic (exact) mass is 282 g/mol. The third-order valence-corrected chi connectivity index (χ3v) is 5.05. The third-order valence-electron chi connectivity index (χ3n) is 5.05. The van der Waals surface area contributed by atoms with Crippen molar-refractivity contribution in [1.29, 1.82) is 0 Å². The van der Waals surface area contributed by atoms with Crippen LogP contribution in [0.4, 0.5) is 0 Å². The minimum absolute atomic E-state index is 0.0627. The lowest BCUT2D eigenvalue weighted by Gasteiger charge is -2.40. The van der Waals surface area contributed by atoms with Crippen molar-refractivity contribution >= 4 is 11.7 Å². The standard InChI is InChI=1S/C15H26N2O3/c1-10-4-7-17(12(10)11(2)18)14(19)13(16)15(3)5-8-20-9-6-15/h10,12-13H,4-9,16H2,1-3H3/t10-,12+,13?/m1/s1. The second-order valence-electron chi connectivity index (χ2n) is 6.60. The summed E-state index contributed by atoms with van der Waals surface area (Å²) in [6, 6.07) is -0.837. The Hall–Kier alpha value is -0.940. The SMILES string of the molecule is CC(=O)[C@@H]1[C@H](C)CCN1C(=O)C(N)C1(C)CCOCC1. The molecule has 114 valence electrons. The van der Waals surface area contributed by atoms with Gasteiger partial charge in [-0.15, -0.1) is 0 Å². The molecule has 2 heterocycles. The van der Waals surface area contributed by atoms with Crippen LogP contribution in [0.15, 0.2) is 0 Å². The van der Waals surface area contributed by atoms with E-state index in [2.05, 4.69) is 6.92 Å². The van der Waals surface area contributed by atoms with Crippen LogP contribution in [0.2, 0.25) is 0 Å². The number of ketones is 1. The van der Waals surface area contributed by atoms with Crippen LogP contribution in [-0.4, -0.2) is 48.4 Å². The van der Waals surface area contributed by atoms with Gasteiger partial charge in [-0.05, 0) is 37.5 Å². The molecule has 5 heteroatoms. The average molecular weight is 282 g/mol. The van der Waals surface area contributed by atoms with Gasteiger partial charge >= 0.3 is 0 Å². The number of nitrogens with two attached hydrogens (primary N) is 1. The first-order chi connectivity index (χ1) is 9.37. The second-order valence-corrected chi connectivity index (χ2v) is 6.60. The highest BCUT2D eigenvalue weighted by atomic mass is 16.5. The van der Waals surface area contributed by atoms with Crippen LogP contribution in [0.5, 0.6) is 0 Å². The molecule has 1 amide bonds. The highest BCUT2D eigenvalue weighted by Gasteiger charge is 2.44. The zero-order valence-corrected chi connectivity index (χ0v) is 12.7. The number of ether oxygens (including phenoxy) is 1. The minimum Gasteiger partial charge on any atom is -0.381 e. The predicted molar refractivity (Wildman–Crippen MR) is 76.1 cm³/mol. The van der Waals surface area contributed by atoms with Gasteiger partial charge in [0.2, 0.25) is 5.91 Å². The summed E-state index contributed by atoms with van der Waals surface area (Å²) in [5.41, 5.74) is 6.04. The van der Waals surface area contributed by atoms with Crippen LogP contribution in [0.3, 0.4) is 0 Å². The molecule has 0 radical (unpaired) electrons. The number of hydrogen-bond acceptors (Lipinski definition) is 4. The Kier molecular flexibility index (Phi) is 4.49. The molecule has 0 aromatic rings. The van der Waals surface area contributed by atoms with Gasteiger partial charge < -0.3 is 15.4 Å². The smallest absolute Gasteiger partial charge is 0.240 e. The molecular formula is C15H26N2O3. The van der Waals surface area contributed by atoms with E-state index in [0.29, 0.717) is 19.8 Å². The van der Waals surface area contributed by atoms with Crippen LogP contribution >= 0.6 is 0 Å². The van der Waals surface area contributed by atoms with Crippen molar-refractivity contribution in [1.82, 2.24) is 4.90 Å². The summed E-state index contributed by atoms with van der Waals surface area (Å²) >= 11 is 0. The van der Waals surface area contributed by atoms with E-state index in [1.807, 2.05) is 6.92 Å². The summed E-state index contributed by atoms with van der Waals surface area (Å²) in [5, 5.41) is 0. The zero-order valence-electron chi connectivity index (χ0n) is 12.7. The molecule has 0 aromatic carbocycles. The van der Waals surface area contributed by atoms with Crippen molar-refractivity contribution < 1.29 is 14.3 Å². The van der Waals surface area contributed by atoms with E-state index in [9.17, 15) is 9.59 Å². The number of carbonyl (C=O) groups is 2. The number of nitrogens with zero attached hydrogens (tertiary/aromatic N) is 1. The van der Waals surface area contributed by atoms with Crippen LogP contribution < -0.4 is 5.73 Å². The molecule has 0 saturated carbocycles. The van der Waals surface area contributed by atoms with E-state index in [-0.39, 0.29) is 29.1 Å². The van der Waals surface area contributed by atoms with Crippen LogP contribution in [0.25, 0.3) is 0 Å². The number of likely N-dealkylation sites (tertiary alicyclic amines) is 1. The first-order valence-corrected chi connectivity index (χ1v) is 7.51. The van der Waals surface area contributed by atoms with Crippen molar-refractivity contribution in [3.63, 3.8) is 0 Å². The minimum atomic E-state index is -0.543. The molecule has 2 saturated heterocycles. The number of hydrogen-bond donors (Lipinski definition) is 1.